The van der Waals surface area contributed by atoms with Crippen molar-refractivity contribution in [3.63, 3.8) is 0 Å². The molecular formula is C26H42N4Si2. The minimum absolute atomic E-state index is 0.876. The third-order valence-corrected chi connectivity index (χ3v) is 8.94. The molecule has 2 aromatic carbocycles. The highest BCUT2D eigenvalue weighted by Crippen LogP contribution is 2.18. The fraction of sp³-hybridized carbons (Fsp3) is 0.462. The van der Waals surface area contributed by atoms with Crippen LogP contribution in [-0.2, 0) is 13.1 Å². The van der Waals surface area contributed by atoms with Gasteiger partial charge < -0.3 is 9.35 Å². The van der Waals surface area contributed by atoms with Crippen LogP contribution in [-0.4, -0.2) is 37.2 Å². The Kier molecular flexibility index (Phi) is 9.46. The van der Waals surface area contributed by atoms with Gasteiger partial charge >= 0.3 is 0 Å². The Balaban J connectivity index is 2.06. The molecule has 0 saturated heterocycles. The lowest BCUT2D eigenvalue weighted by Gasteiger charge is -2.33. The van der Waals surface area contributed by atoms with Gasteiger partial charge in [0, 0.05) is 11.4 Å². The van der Waals surface area contributed by atoms with E-state index in [1.54, 1.807) is 0 Å². The monoisotopic (exact) mass is 466 g/mol. The summed E-state index contributed by atoms with van der Waals surface area (Å²) >= 11 is 0. The van der Waals surface area contributed by atoms with Crippen molar-refractivity contribution < 1.29 is 0 Å². The van der Waals surface area contributed by atoms with Gasteiger partial charge in [-0.3, -0.25) is 0 Å². The van der Waals surface area contributed by atoms with Gasteiger partial charge in [0.2, 0.25) is 0 Å². The van der Waals surface area contributed by atoms with Gasteiger partial charge in [0.15, 0.2) is 16.5 Å². The molecule has 0 amide bonds. The lowest BCUT2D eigenvalue weighted by molar-refractivity contribution is 0.440. The Labute approximate surface area is 198 Å². The van der Waals surface area contributed by atoms with Crippen molar-refractivity contribution in [3.05, 3.63) is 71.8 Å². The molecule has 0 aliphatic heterocycles. The Morgan fingerprint density at radius 3 is 1.19 bits per heavy atom. The minimum atomic E-state index is -1.57. The Morgan fingerprint density at radius 1 is 0.594 bits per heavy atom. The summed E-state index contributed by atoms with van der Waals surface area (Å²) in [5.41, 5.74) is 4.99. The lowest BCUT2D eigenvalue weighted by atomic mass is 10.2. The zero-order valence-electron chi connectivity index (χ0n) is 21.4. The number of hydrogen-bond acceptors (Lipinski definition) is 4. The molecule has 0 fully saturated rings. The van der Waals surface area contributed by atoms with E-state index in [-0.39, 0.29) is 0 Å². The van der Waals surface area contributed by atoms with E-state index in [0.717, 1.165) is 25.9 Å². The van der Waals surface area contributed by atoms with Crippen LogP contribution >= 0.6 is 0 Å². The normalized spacial score (nSPS) is 13.2. The van der Waals surface area contributed by atoms with Crippen molar-refractivity contribution in [1.82, 2.24) is 9.35 Å². The molecule has 0 atom stereocenters. The van der Waals surface area contributed by atoms with Crippen LogP contribution in [0.3, 0.4) is 0 Å². The highest BCUT2D eigenvalue weighted by atomic mass is 28.3. The number of hydrazone groups is 2. The van der Waals surface area contributed by atoms with Crippen molar-refractivity contribution in [2.24, 2.45) is 10.2 Å². The first kappa shape index (κ1) is 26.1. The van der Waals surface area contributed by atoms with Crippen LogP contribution in [0.2, 0.25) is 39.3 Å². The molecule has 0 radical (unpaired) electrons. The van der Waals surface area contributed by atoms with Crippen molar-refractivity contribution in [2.75, 3.05) is 0 Å². The van der Waals surface area contributed by atoms with Crippen molar-refractivity contribution in [1.29, 1.82) is 0 Å². The number of benzene rings is 2. The maximum Gasteiger partial charge on any atom is 0.169 e. The topological polar surface area (TPSA) is 31.2 Å². The van der Waals surface area contributed by atoms with Crippen LogP contribution in [0.4, 0.5) is 0 Å². The van der Waals surface area contributed by atoms with E-state index in [0.29, 0.717) is 0 Å². The lowest BCUT2D eigenvalue weighted by Crippen LogP contribution is -2.42. The number of nitrogens with zero attached hydrogens (tertiary/aromatic N) is 4. The van der Waals surface area contributed by atoms with Gasteiger partial charge in [-0.25, -0.2) is 0 Å². The van der Waals surface area contributed by atoms with Crippen LogP contribution in [0.15, 0.2) is 70.9 Å². The molecule has 2 aromatic rings. The van der Waals surface area contributed by atoms with Gasteiger partial charge in [-0.2, -0.15) is 10.2 Å². The van der Waals surface area contributed by atoms with Crippen molar-refractivity contribution in [3.8, 4) is 0 Å². The maximum atomic E-state index is 5.06. The van der Waals surface area contributed by atoms with E-state index in [4.69, 9.17) is 10.2 Å². The predicted molar refractivity (Wildman–Crippen MR) is 146 cm³/mol. The van der Waals surface area contributed by atoms with Crippen LogP contribution in [0.25, 0.3) is 0 Å². The summed E-state index contributed by atoms with van der Waals surface area (Å²) in [5.74, 6) is 0. The molecule has 0 unspecified atom stereocenters. The zero-order valence-corrected chi connectivity index (χ0v) is 23.4. The van der Waals surface area contributed by atoms with E-state index < -0.39 is 16.5 Å². The fourth-order valence-electron chi connectivity index (χ4n) is 3.23. The molecule has 2 rings (SSSR count). The van der Waals surface area contributed by atoms with Gasteiger partial charge in [-0.15, -0.1) is 0 Å². The number of hydrogen-bond donors (Lipinski definition) is 0. The smallest absolute Gasteiger partial charge is 0.169 e. The largest absolute Gasteiger partial charge is 0.320 e. The summed E-state index contributed by atoms with van der Waals surface area (Å²) in [7, 11) is -3.14. The average molecular weight is 467 g/mol. The molecule has 0 N–H and O–H groups in total. The Hall–Kier alpha value is -2.19. The zero-order chi connectivity index (χ0) is 23.8. The molecular weight excluding hydrogens is 424 g/mol. The SMILES string of the molecule is CC(CCC(C)=NN(Cc1ccccc1)[Si](C)(C)C)=NN(Cc1ccccc1)[Si](C)(C)C. The first-order valence-electron chi connectivity index (χ1n) is 11.7. The summed E-state index contributed by atoms with van der Waals surface area (Å²) in [4.78, 5) is 0. The van der Waals surface area contributed by atoms with E-state index in [1.165, 1.54) is 22.6 Å². The molecule has 174 valence electrons. The molecule has 0 aliphatic carbocycles. The standard InChI is InChI=1S/C26H42N4Si2/c1-23(27-29(31(3,4)5)21-25-15-11-9-12-16-25)19-20-24(2)28-30(32(6,7)8)22-26-17-13-10-14-18-26/h9-18H,19-22H2,1-8H3. The van der Waals surface area contributed by atoms with Crippen molar-refractivity contribution in [2.45, 2.75) is 79.1 Å². The average Bonchev–Trinajstić information content (AvgIpc) is 2.71. The minimum Gasteiger partial charge on any atom is -0.320 e. The summed E-state index contributed by atoms with van der Waals surface area (Å²) in [6.07, 6.45) is 1.88. The van der Waals surface area contributed by atoms with Crippen LogP contribution in [0.1, 0.15) is 37.8 Å². The number of rotatable bonds is 11. The van der Waals surface area contributed by atoms with E-state index in [2.05, 4.69) is 123 Å². The highest BCUT2D eigenvalue weighted by molar-refractivity contribution is 6.73. The third-order valence-electron chi connectivity index (χ3n) is 5.33. The molecule has 0 aromatic heterocycles. The predicted octanol–water partition coefficient (Wildman–Crippen LogP) is 7.19. The molecule has 4 nitrogen and oxygen atoms in total. The molecule has 0 spiro atoms. The molecule has 0 saturated carbocycles. The molecule has 6 heteroatoms. The maximum absolute atomic E-state index is 5.06. The second-order valence-electron chi connectivity index (χ2n) is 10.6. The van der Waals surface area contributed by atoms with Crippen LogP contribution in [0.5, 0.6) is 0 Å². The van der Waals surface area contributed by atoms with Crippen LogP contribution in [0, 0.1) is 0 Å². The van der Waals surface area contributed by atoms with Crippen LogP contribution < -0.4 is 0 Å². The molecule has 0 bridgehead atoms. The van der Waals surface area contributed by atoms with E-state index in [1.807, 2.05) is 0 Å². The van der Waals surface area contributed by atoms with Gasteiger partial charge in [0.1, 0.15) is 0 Å². The van der Waals surface area contributed by atoms with E-state index in [9.17, 15) is 0 Å². The highest BCUT2D eigenvalue weighted by Gasteiger charge is 2.24. The second-order valence-corrected chi connectivity index (χ2v) is 20.3. The second kappa shape index (κ2) is 11.6. The van der Waals surface area contributed by atoms with E-state index >= 15 is 0 Å². The summed E-state index contributed by atoms with van der Waals surface area (Å²) in [6, 6.07) is 21.3. The fourth-order valence-corrected chi connectivity index (χ4v) is 5.49. The molecule has 32 heavy (non-hydrogen) atoms. The third kappa shape index (κ3) is 9.12. The summed E-state index contributed by atoms with van der Waals surface area (Å²) < 4.78 is 4.68. The first-order chi connectivity index (χ1) is 14.9. The van der Waals surface area contributed by atoms with Crippen molar-refractivity contribution >= 4 is 27.9 Å². The summed E-state index contributed by atoms with van der Waals surface area (Å²) in [5, 5.41) is 10.1. The molecule has 0 aliphatic rings. The first-order valence-corrected chi connectivity index (χ1v) is 18.6. The Bertz CT molecular complexity index is 806. The van der Waals surface area contributed by atoms with Gasteiger partial charge in [0.05, 0.1) is 13.1 Å². The molecule has 0 heterocycles. The quantitative estimate of drug-likeness (QED) is 0.199. The summed E-state index contributed by atoms with van der Waals surface area (Å²) in [6.45, 7) is 20.2. The van der Waals surface area contributed by atoms with Gasteiger partial charge in [0.25, 0.3) is 0 Å². The Morgan fingerprint density at radius 2 is 0.906 bits per heavy atom. The van der Waals surface area contributed by atoms with Gasteiger partial charge in [-0.05, 0) is 37.8 Å². The van der Waals surface area contributed by atoms with Gasteiger partial charge in [-0.1, -0.05) is 99.9 Å².